The maximum Gasteiger partial charge on any atom is 0.270 e. The van der Waals surface area contributed by atoms with Crippen molar-refractivity contribution in [3.63, 3.8) is 0 Å². The summed E-state index contributed by atoms with van der Waals surface area (Å²) in [6.07, 6.45) is 1.35. The molecule has 0 amide bonds. The minimum absolute atomic E-state index is 0.0260. The lowest BCUT2D eigenvalue weighted by atomic mass is 10.1. The van der Waals surface area contributed by atoms with Crippen molar-refractivity contribution < 1.29 is 21.6 Å². The molecule has 4 rings (SSSR count). The van der Waals surface area contributed by atoms with Gasteiger partial charge in [0.15, 0.2) is 21.3 Å². The van der Waals surface area contributed by atoms with Gasteiger partial charge in [0.05, 0.1) is 34.3 Å². The van der Waals surface area contributed by atoms with Crippen molar-refractivity contribution in [2.45, 2.75) is 30.0 Å². The smallest absolute Gasteiger partial charge is 0.270 e. The van der Waals surface area contributed by atoms with Crippen molar-refractivity contribution >= 4 is 471 Å². The van der Waals surface area contributed by atoms with Crippen molar-refractivity contribution in [1.82, 2.24) is 25.5 Å². The highest BCUT2D eigenvalue weighted by Crippen LogP contribution is 3.48. The minimum Gasteiger partial charge on any atom is -0.414 e. The highest BCUT2D eigenvalue weighted by molar-refractivity contribution is 9.53. The highest BCUT2D eigenvalue weighted by Gasteiger charge is 2.60. The Hall–Kier alpha value is 20.7. The lowest BCUT2D eigenvalue weighted by Gasteiger charge is -2.59. The van der Waals surface area contributed by atoms with E-state index in [2.05, 4.69) is 284 Å². The van der Waals surface area contributed by atoms with E-state index in [4.69, 9.17) is 10.2 Å². The van der Waals surface area contributed by atoms with Crippen LogP contribution in [0.3, 0.4) is 0 Å². The van der Waals surface area contributed by atoms with Gasteiger partial charge in [-0.3, -0.25) is 4.39 Å². The van der Waals surface area contributed by atoms with Gasteiger partial charge < -0.3 is 15.5 Å². The average Bonchev–Trinajstić information content (AvgIpc) is 1.15. The molecular formula is C24H83F2N6O3P57S. The van der Waals surface area contributed by atoms with E-state index < -0.39 is 27.6 Å². The van der Waals surface area contributed by atoms with Crippen LogP contribution in [0.5, 0.6) is 0 Å². The first-order valence-corrected chi connectivity index (χ1v) is 129. The number of aromatic nitrogens is 4. The van der Waals surface area contributed by atoms with Gasteiger partial charge in [-0.1, -0.05) is 26.2 Å². The SMILES string of the molecule is CNCc1ccc(-c2nnc(-c3nc(-c4ccc(S(=O)(=O)C(C)CCF)cc4)cnc3N)o2)c(F)c1.PPP(P(P)P)P(P(P)P)P(P(P(P(P)P)P(P)P)P(P(P)P)P(P)P)P(P(P(P(P)P)P(P)P)P(P(P)P)P(P)P)P(P(P(P)P)P(P)P)P(P(P)P)P(P)P. The standard InChI is InChI=1S/C24H24F2N6O3S.H59P57/c1-14(9-10-25)36(33,34)17-6-4-16(5-7-17)20-13-29-22(27)21(30-20)24-32-31-23(35-24)18-8-3-15(12-28-2)11-19(18)26;1-30-45(31(2)3)52(44(28)29)56(53(46(32(4)5)33(6)7)47(34(8)9)35(10)11)57(54(48(36(12)13)37(14)15)49(38(16)17)39(18)19)55(50(40(20)21)41(22)23)51(42(24)25)43(26)27/h3-8,11,13-14,28H,9-10,12H2,1-2H3,(H2,27,29);30H,1-29H2. The molecule has 0 spiro atoms. The lowest BCUT2D eigenvalue weighted by Crippen LogP contribution is -2.18. The van der Waals surface area contributed by atoms with Crippen LogP contribution in [0, 0.1) is 5.82 Å². The summed E-state index contributed by atoms with van der Waals surface area (Å²) in [4.78, 5) is 8.67. The van der Waals surface area contributed by atoms with E-state index in [9.17, 15) is 17.2 Å². The first-order chi connectivity index (χ1) is 43.2. The number of nitrogens with zero attached hydrogens (tertiary/aromatic N) is 4. The van der Waals surface area contributed by atoms with Crippen molar-refractivity contribution in [3.05, 3.63) is 60.0 Å². The first-order valence-electron chi connectivity index (χ1n) is 24.0. The number of alkyl halides is 1. The summed E-state index contributed by atoms with van der Waals surface area (Å²) in [6.45, 7) is -4.11. The van der Waals surface area contributed by atoms with Gasteiger partial charge in [0, 0.05) is 12.1 Å². The van der Waals surface area contributed by atoms with Crippen LogP contribution in [-0.2, 0) is 16.4 Å². The second kappa shape index (κ2) is 55.9. The molecule has 0 fully saturated rings. The van der Waals surface area contributed by atoms with Gasteiger partial charge in [0.2, 0.25) is 0 Å². The summed E-state index contributed by atoms with van der Waals surface area (Å²) >= 11 is 0. The number of halogens is 2. The Kier molecular flexibility index (Phi) is 64.8. The van der Waals surface area contributed by atoms with E-state index in [1.165, 1.54) is 31.3 Å². The number of benzene rings is 2. The van der Waals surface area contributed by atoms with Gasteiger partial charge in [-0.2, -0.15) is 0 Å². The van der Waals surface area contributed by atoms with E-state index in [0.717, 1.165) is 13.5 Å². The number of sulfone groups is 1. The highest BCUT2D eigenvalue weighted by atomic mass is 33.6. The molecule has 93 heavy (non-hydrogen) atoms. The third-order valence-corrected chi connectivity index (χ3v) is 409. The van der Waals surface area contributed by atoms with Gasteiger partial charge >= 0.3 is 0 Å². The molecule has 2 aromatic carbocycles. The molecule has 0 bridgehead atoms. The quantitative estimate of drug-likeness (QED) is 0.0427. The van der Waals surface area contributed by atoms with E-state index >= 15 is 0 Å². The van der Waals surface area contributed by atoms with Crippen molar-refractivity contribution in [1.29, 1.82) is 0 Å². The minimum atomic E-state index is -3.65. The van der Waals surface area contributed by atoms with Crippen LogP contribution in [0.25, 0.3) is 34.3 Å². The Morgan fingerprint density at radius 2 is 0.882 bits per heavy atom. The molecular weight excluding hydrogens is 2260 g/mol. The van der Waals surface area contributed by atoms with Gasteiger partial charge in [0.25, 0.3) is 11.8 Å². The molecule has 34 atom stereocenters. The predicted octanol–water partition coefficient (Wildman–Crippen LogP) is 37.1. The Balaban J connectivity index is 0.000000532. The molecule has 69 heteroatoms. The van der Waals surface area contributed by atoms with Crippen LogP contribution in [0.15, 0.2) is 58.0 Å². The van der Waals surface area contributed by atoms with E-state index in [1.54, 1.807) is 31.3 Å². The molecule has 0 saturated carbocycles. The summed E-state index contributed by atoms with van der Waals surface area (Å²) in [5, 5.41) is 9.99. The lowest BCUT2D eigenvalue weighted by molar-refractivity contribution is 0.464. The third kappa shape index (κ3) is 34.0. The largest absolute Gasteiger partial charge is 0.414 e. The monoisotopic (exact) mass is 2340 g/mol. The van der Waals surface area contributed by atoms with Gasteiger partial charge in [-0.05, 0) is 239 Å². The second-order valence-corrected chi connectivity index (χ2v) is 252. The topological polar surface area (TPSA) is 137 Å². The van der Waals surface area contributed by atoms with Gasteiger partial charge in [-0.15, -0.1) is 269 Å². The Morgan fingerprint density at radius 3 is 1.20 bits per heavy atom. The van der Waals surface area contributed by atoms with Crippen molar-refractivity contribution in [2.75, 3.05) is 19.5 Å². The van der Waals surface area contributed by atoms with Gasteiger partial charge in [0.1, 0.15) is 5.82 Å². The summed E-state index contributed by atoms with van der Waals surface area (Å²) in [5.41, 5.74) is 7.92. The zero-order valence-electron chi connectivity index (χ0n) is 48.9. The Bertz CT molecular complexity index is 2810. The molecule has 34 unspecified atom stereocenters. The fraction of sp³-hybridized carbons (Fsp3) is 0.250. The number of anilines is 1. The number of nitrogen functional groups attached to an aromatic ring is 1. The van der Waals surface area contributed by atoms with E-state index in [1.807, 2.05) is 0 Å². The summed E-state index contributed by atoms with van der Waals surface area (Å²) in [7, 11) is 102. The zero-order chi connectivity index (χ0) is 71.2. The fourth-order valence-electron chi connectivity index (χ4n) is 6.90. The number of rotatable bonds is 36. The molecule has 0 radical (unpaired) electrons. The van der Waals surface area contributed by atoms with Crippen LogP contribution >= 0.6 is 456 Å². The molecule has 0 aliphatic carbocycles. The number of hydrogen-bond acceptors (Lipinski definition) is 9. The average molecular weight is 2340 g/mol. The Morgan fingerprint density at radius 1 is 0.527 bits per heavy atom. The van der Waals surface area contributed by atoms with Crippen molar-refractivity contribution in [2.24, 2.45) is 0 Å². The molecule has 2 aromatic heterocycles. The summed E-state index contributed by atoms with van der Waals surface area (Å²) in [5.74, 6) is -0.573. The molecule has 9 nitrogen and oxygen atoms in total. The zero-order valence-corrected chi connectivity index (χ0v) is 108. The van der Waals surface area contributed by atoms with E-state index in [0.29, 0.717) is 17.8 Å². The fourth-order valence-corrected chi connectivity index (χ4v) is 825. The molecule has 2 heterocycles. The Labute approximate surface area is 653 Å². The van der Waals surface area contributed by atoms with E-state index in [-0.39, 0.29) is 229 Å². The maximum absolute atomic E-state index is 14.6. The molecule has 0 saturated heterocycles. The molecule has 3 N–H and O–H groups in total. The number of nitrogens with two attached hydrogens (primary N) is 1. The van der Waals surface area contributed by atoms with Crippen LogP contribution < -0.4 is 11.1 Å². The van der Waals surface area contributed by atoms with Crippen LogP contribution in [0.4, 0.5) is 14.6 Å². The number of nitrogens with one attached hydrogen (secondary N) is 1. The second-order valence-electron chi connectivity index (χ2n) is 17.1. The number of hydrogen-bond donors (Lipinski definition) is 2. The predicted molar refractivity (Wildman–Crippen MR) is 607 cm³/mol. The normalized spacial score (nSPS) is 14.8. The van der Waals surface area contributed by atoms with Crippen molar-refractivity contribution in [3.8, 4) is 34.3 Å². The van der Waals surface area contributed by atoms with Crippen LogP contribution in [0.1, 0.15) is 18.9 Å². The molecule has 0 aliphatic heterocycles. The third-order valence-electron chi connectivity index (χ3n) is 10.5. The van der Waals surface area contributed by atoms with Crippen LogP contribution in [-0.4, -0.2) is 47.6 Å². The maximum atomic E-state index is 14.6. The van der Waals surface area contributed by atoms with Crippen LogP contribution in [0.2, 0.25) is 0 Å². The molecule has 532 valence electrons. The summed E-state index contributed by atoms with van der Waals surface area (Å²) < 4.78 is 58.0. The molecule has 0 aliphatic rings. The first kappa shape index (κ1) is 108. The summed E-state index contributed by atoms with van der Waals surface area (Å²) in [6, 6.07) is 10.7. The van der Waals surface area contributed by atoms with Gasteiger partial charge in [-0.25, -0.2) is 22.8 Å². The molecule has 4 aromatic rings.